The fraction of sp³-hybridized carbons (Fsp3) is 0.100. The highest BCUT2D eigenvalue weighted by Crippen LogP contribution is 2.36. The van der Waals surface area contributed by atoms with Gasteiger partial charge in [0.15, 0.2) is 5.82 Å². The maximum absolute atomic E-state index is 14.3. The van der Waals surface area contributed by atoms with Crippen LogP contribution in [0.4, 0.5) is 4.39 Å². The Kier molecular flexibility index (Phi) is 4.85. The van der Waals surface area contributed by atoms with Gasteiger partial charge in [0.2, 0.25) is 5.88 Å². The SMILES string of the molecule is COc1nc2c(F)cc(Br)cc2c(Cl)c1Cc1ccc(-n2cccn2)cc1. The summed E-state index contributed by atoms with van der Waals surface area (Å²) in [6.45, 7) is 0. The molecular weight excluding hydrogens is 433 g/mol. The van der Waals surface area contributed by atoms with Crippen molar-refractivity contribution in [3.05, 3.63) is 81.3 Å². The second kappa shape index (κ2) is 7.29. The van der Waals surface area contributed by atoms with Gasteiger partial charge in [-0.2, -0.15) is 5.10 Å². The molecule has 0 aliphatic carbocycles. The molecule has 0 unspecified atom stereocenters. The van der Waals surface area contributed by atoms with Crippen LogP contribution in [0.1, 0.15) is 11.1 Å². The first-order valence-electron chi connectivity index (χ1n) is 8.17. The van der Waals surface area contributed by atoms with Gasteiger partial charge >= 0.3 is 0 Å². The van der Waals surface area contributed by atoms with Crippen LogP contribution in [0, 0.1) is 5.82 Å². The average molecular weight is 447 g/mol. The molecule has 0 fully saturated rings. The van der Waals surface area contributed by atoms with E-state index < -0.39 is 5.82 Å². The molecule has 4 aromatic rings. The van der Waals surface area contributed by atoms with E-state index in [4.69, 9.17) is 16.3 Å². The molecule has 0 aliphatic heterocycles. The molecule has 0 saturated carbocycles. The largest absolute Gasteiger partial charge is 0.481 e. The summed E-state index contributed by atoms with van der Waals surface area (Å²) in [6.07, 6.45) is 4.13. The number of fused-ring (bicyclic) bond motifs is 1. The highest BCUT2D eigenvalue weighted by atomic mass is 79.9. The summed E-state index contributed by atoms with van der Waals surface area (Å²) in [7, 11) is 1.51. The molecule has 0 amide bonds. The Morgan fingerprint density at radius 2 is 2.00 bits per heavy atom. The Morgan fingerprint density at radius 3 is 2.67 bits per heavy atom. The van der Waals surface area contributed by atoms with Gasteiger partial charge in [0, 0.05) is 34.2 Å². The van der Waals surface area contributed by atoms with Crippen LogP contribution in [-0.4, -0.2) is 21.9 Å². The number of ether oxygens (including phenoxy) is 1. The van der Waals surface area contributed by atoms with Crippen molar-refractivity contribution >= 4 is 38.4 Å². The van der Waals surface area contributed by atoms with Gasteiger partial charge in [0.05, 0.1) is 17.8 Å². The van der Waals surface area contributed by atoms with Crippen molar-refractivity contribution < 1.29 is 9.13 Å². The predicted molar refractivity (Wildman–Crippen MR) is 107 cm³/mol. The van der Waals surface area contributed by atoms with Crippen molar-refractivity contribution in [2.24, 2.45) is 0 Å². The lowest BCUT2D eigenvalue weighted by Gasteiger charge is -2.13. The highest BCUT2D eigenvalue weighted by Gasteiger charge is 2.18. The molecule has 4 rings (SSSR count). The van der Waals surface area contributed by atoms with Crippen molar-refractivity contribution in [1.82, 2.24) is 14.8 Å². The molecule has 0 atom stereocenters. The van der Waals surface area contributed by atoms with Gasteiger partial charge in [-0.25, -0.2) is 14.1 Å². The lowest BCUT2D eigenvalue weighted by atomic mass is 10.0. The van der Waals surface area contributed by atoms with Crippen LogP contribution in [0.25, 0.3) is 16.6 Å². The van der Waals surface area contributed by atoms with Crippen molar-refractivity contribution in [2.75, 3.05) is 7.11 Å². The molecule has 2 heterocycles. The Labute approximate surface area is 168 Å². The third-order valence-electron chi connectivity index (χ3n) is 4.28. The summed E-state index contributed by atoms with van der Waals surface area (Å²) in [5, 5.41) is 5.20. The van der Waals surface area contributed by atoms with Crippen LogP contribution in [0.3, 0.4) is 0 Å². The maximum Gasteiger partial charge on any atom is 0.218 e. The van der Waals surface area contributed by atoms with E-state index in [0.29, 0.717) is 27.2 Å². The summed E-state index contributed by atoms with van der Waals surface area (Å²) >= 11 is 9.92. The van der Waals surface area contributed by atoms with Crippen molar-refractivity contribution in [2.45, 2.75) is 6.42 Å². The summed E-state index contributed by atoms with van der Waals surface area (Å²) in [4.78, 5) is 4.33. The Morgan fingerprint density at radius 1 is 1.22 bits per heavy atom. The number of benzene rings is 2. The van der Waals surface area contributed by atoms with Crippen molar-refractivity contribution in [3.8, 4) is 11.6 Å². The molecule has 4 nitrogen and oxygen atoms in total. The molecule has 7 heteroatoms. The minimum atomic E-state index is -0.449. The molecule has 2 aromatic carbocycles. The number of pyridine rings is 1. The zero-order chi connectivity index (χ0) is 19.0. The van der Waals surface area contributed by atoms with Gasteiger partial charge in [-0.15, -0.1) is 0 Å². The third-order valence-corrected chi connectivity index (χ3v) is 5.17. The first kappa shape index (κ1) is 17.9. The van der Waals surface area contributed by atoms with E-state index in [-0.39, 0.29) is 5.52 Å². The monoisotopic (exact) mass is 445 g/mol. The van der Waals surface area contributed by atoms with E-state index in [0.717, 1.165) is 16.8 Å². The normalized spacial score (nSPS) is 11.1. The smallest absolute Gasteiger partial charge is 0.218 e. The number of halogens is 3. The maximum atomic E-state index is 14.3. The van der Waals surface area contributed by atoms with E-state index in [1.807, 2.05) is 36.5 Å². The highest BCUT2D eigenvalue weighted by molar-refractivity contribution is 9.10. The Balaban J connectivity index is 1.76. The molecular formula is C20H14BrClFN3O. The number of methoxy groups -OCH3 is 1. The molecule has 2 aromatic heterocycles. The first-order valence-corrected chi connectivity index (χ1v) is 9.34. The van der Waals surface area contributed by atoms with E-state index >= 15 is 0 Å². The van der Waals surface area contributed by atoms with E-state index in [2.05, 4.69) is 26.0 Å². The van der Waals surface area contributed by atoms with Gasteiger partial charge in [-0.05, 0) is 35.9 Å². The van der Waals surface area contributed by atoms with Gasteiger partial charge in [0.1, 0.15) is 5.52 Å². The zero-order valence-corrected chi connectivity index (χ0v) is 16.6. The second-order valence-electron chi connectivity index (χ2n) is 5.99. The minimum Gasteiger partial charge on any atom is -0.481 e. The van der Waals surface area contributed by atoms with E-state index in [9.17, 15) is 4.39 Å². The summed E-state index contributed by atoms with van der Waals surface area (Å²) in [5.41, 5.74) is 2.90. The quantitative estimate of drug-likeness (QED) is 0.411. The Bertz CT molecular complexity index is 1110. The van der Waals surface area contributed by atoms with Crippen molar-refractivity contribution in [1.29, 1.82) is 0 Å². The number of nitrogens with zero attached hydrogens (tertiary/aromatic N) is 3. The van der Waals surface area contributed by atoms with Crippen molar-refractivity contribution in [3.63, 3.8) is 0 Å². The summed E-state index contributed by atoms with van der Waals surface area (Å²) in [5.74, 6) is -0.125. The Hall–Kier alpha value is -2.44. The lowest BCUT2D eigenvalue weighted by Crippen LogP contribution is -2.01. The van der Waals surface area contributed by atoms with E-state index in [1.54, 1.807) is 16.9 Å². The second-order valence-corrected chi connectivity index (χ2v) is 7.28. The number of aromatic nitrogens is 3. The molecule has 0 spiro atoms. The van der Waals surface area contributed by atoms with Crippen LogP contribution in [0.15, 0.2) is 59.3 Å². The first-order chi connectivity index (χ1) is 13.1. The zero-order valence-electron chi connectivity index (χ0n) is 14.3. The minimum absolute atomic E-state index is 0.192. The van der Waals surface area contributed by atoms with Gasteiger partial charge in [0.25, 0.3) is 0 Å². The van der Waals surface area contributed by atoms with E-state index in [1.165, 1.54) is 13.2 Å². The molecule has 0 radical (unpaired) electrons. The predicted octanol–water partition coefficient (Wildman–Crippen LogP) is 5.57. The fourth-order valence-corrected chi connectivity index (χ4v) is 3.71. The molecule has 27 heavy (non-hydrogen) atoms. The molecule has 0 aliphatic rings. The van der Waals surface area contributed by atoms with Crippen LogP contribution in [0.2, 0.25) is 5.02 Å². The standard InChI is InChI=1S/C20H14BrClFN3O/c1-27-20-16(18(22)15-10-13(21)11-17(23)19(15)25-20)9-12-3-5-14(6-4-12)26-8-2-7-24-26/h2-8,10-11H,9H2,1H3. The number of hydrogen-bond donors (Lipinski definition) is 0. The van der Waals surface area contributed by atoms with Gasteiger partial charge in [-0.3, -0.25) is 0 Å². The van der Waals surface area contributed by atoms with Crippen LogP contribution in [0.5, 0.6) is 5.88 Å². The van der Waals surface area contributed by atoms with Crippen LogP contribution in [-0.2, 0) is 6.42 Å². The fourth-order valence-electron chi connectivity index (χ4n) is 2.99. The van der Waals surface area contributed by atoms with Gasteiger partial charge in [-0.1, -0.05) is 39.7 Å². The van der Waals surface area contributed by atoms with Crippen LogP contribution >= 0.6 is 27.5 Å². The number of rotatable bonds is 4. The summed E-state index contributed by atoms with van der Waals surface area (Å²) in [6, 6.07) is 12.9. The summed E-state index contributed by atoms with van der Waals surface area (Å²) < 4.78 is 22.0. The molecule has 0 N–H and O–H groups in total. The van der Waals surface area contributed by atoms with Gasteiger partial charge < -0.3 is 4.74 Å². The topological polar surface area (TPSA) is 39.9 Å². The molecule has 136 valence electrons. The molecule has 0 saturated heterocycles. The molecule has 0 bridgehead atoms. The van der Waals surface area contributed by atoms with Crippen LogP contribution < -0.4 is 4.74 Å². The third kappa shape index (κ3) is 3.42. The average Bonchev–Trinajstić information content (AvgIpc) is 3.19. The lowest BCUT2D eigenvalue weighted by molar-refractivity contribution is 0.394. The number of hydrogen-bond acceptors (Lipinski definition) is 3.